The van der Waals surface area contributed by atoms with Crippen molar-refractivity contribution < 1.29 is 5.11 Å². The van der Waals surface area contributed by atoms with Gasteiger partial charge in [-0.1, -0.05) is 31.9 Å². The van der Waals surface area contributed by atoms with E-state index in [0.717, 1.165) is 12.1 Å². The van der Waals surface area contributed by atoms with Crippen molar-refractivity contribution in [3.63, 3.8) is 0 Å². The summed E-state index contributed by atoms with van der Waals surface area (Å²) in [7, 11) is 0. The number of phenolic OH excluding ortho intramolecular Hbond substituents is 1. The second kappa shape index (κ2) is 6.93. The fourth-order valence-corrected chi connectivity index (χ4v) is 1.30. The third kappa shape index (κ3) is 5.11. The van der Waals surface area contributed by atoms with Crippen LogP contribution in [0.4, 0.5) is 0 Å². The molecule has 0 aliphatic heterocycles. The van der Waals surface area contributed by atoms with Crippen molar-refractivity contribution in [2.45, 2.75) is 26.2 Å². The topological polar surface area (TPSA) is 32.3 Å². The first-order chi connectivity index (χ1) is 7.33. The van der Waals surface area contributed by atoms with Crippen LogP contribution in [0.5, 0.6) is 5.75 Å². The smallest absolute Gasteiger partial charge is 0.115 e. The Morgan fingerprint density at radius 3 is 2.60 bits per heavy atom. The highest BCUT2D eigenvalue weighted by Crippen LogP contribution is 2.10. The summed E-state index contributed by atoms with van der Waals surface area (Å²) in [6.45, 7) is 3.23. The fourth-order valence-electron chi connectivity index (χ4n) is 1.30. The number of rotatable bonds is 6. The Morgan fingerprint density at radius 1 is 1.20 bits per heavy atom. The number of benzene rings is 1. The standard InChI is InChI=1S/C13H19NO/c1-2-3-4-10-14-11-9-12-5-7-13(15)8-6-12/h5-9,11,14-15H,2-4,10H2,1H3. The second-order valence-corrected chi connectivity index (χ2v) is 3.59. The molecule has 82 valence electrons. The molecule has 15 heavy (non-hydrogen) atoms. The van der Waals surface area contributed by atoms with Gasteiger partial charge in [0.1, 0.15) is 5.75 Å². The highest BCUT2D eigenvalue weighted by atomic mass is 16.3. The minimum atomic E-state index is 0.308. The summed E-state index contributed by atoms with van der Waals surface area (Å²) in [5.74, 6) is 0.308. The monoisotopic (exact) mass is 205 g/mol. The predicted octanol–water partition coefficient (Wildman–Crippen LogP) is 3.14. The molecule has 0 unspecified atom stereocenters. The third-order valence-electron chi connectivity index (χ3n) is 2.21. The van der Waals surface area contributed by atoms with Crippen molar-refractivity contribution in [3.8, 4) is 5.75 Å². The Kier molecular flexibility index (Phi) is 5.38. The molecule has 0 bridgehead atoms. The van der Waals surface area contributed by atoms with Crippen LogP contribution in [-0.2, 0) is 0 Å². The van der Waals surface area contributed by atoms with E-state index < -0.39 is 0 Å². The first-order valence-corrected chi connectivity index (χ1v) is 5.52. The van der Waals surface area contributed by atoms with Crippen molar-refractivity contribution in [2.24, 2.45) is 0 Å². The second-order valence-electron chi connectivity index (χ2n) is 3.59. The third-order valence-corrected chi connectivity index (χ3v) is 2.21. The summed E-state index contributed by atoms with van der Waals surface area (Å²) in [5.41, 5.74) is 1.09. The largest absolute Gasteiger partial charge is 0.508 e. The highest BCUT2D eigenvalue weighted by molar-refractivity contribution is 5.49. The summed E-state index contributed by atoms with van der Waals surface area (Å²) >= 11 is 0. The lowest BCUT2D eigenvalue weighted by atomic mass is 10.2. The SMILES string of the molecule is CCCCCNC=Cc1ccc(O)cc1. The molecular formula is C13H19NO. The average Bonchev–Trinajstić information content (AvgIpc) is 2.26. The van der Waals surface area contributed by atoms with Crippen molar-refractivity contribution in [1.82, 2.24) is 5.32 Å². The summed E-state index contributed by atoms with van der Waals surface area (Å²) in [5, 5.41) is 12.3. The minimum Gasteiger partial charge on any atom is -0.508 e. The molecule has 0 radical (unpaired) electrons. The maximum atomic E-state index is 9.09. The average molecular weight is 205 g/mol. The van der Waals surface area contributed by atoms with Crippen LogP contribution in [0.2, 0.25) is 0 Å². The molecule has 2 nitrogen and oxygen atoms in total. The lowest BCUT2D eigenvalue weighted by molar-refractivity contribution is 0.475. The van der Waals surface area contributed by atoms with E-state index in [1.165, 1.54) is 19.3 Å². The maximum Gasteiger partial charge on any atom is 0.115 e. The number of hydrogen-bond donors (Lipinski definition) is 2. The van der Waals surface area contributed by atoms with Gasteiger partial charge in [0.15, 0.2) is 0 Å². The van der Waals surface area contributed by atoms with E-state index in [2.05, 4.69) is 12.2 Å². The zero-order valence-electron chi connectivity index (χ0n) is 9.24. The van der Waals surface area contributed by atoms with Crippen molar-refractivity contribution in [1.29, 1.82) is 0 Å². The van der Waals surface area contributed by atoms with Crippen molar-refractivity contribution in [3.05, 3.63) is 36.0 Å². The van der Waals surface area contributed by atoms with Crippen molar-refractivity contribution >= 4 is 6.08 Å². The summed E-state index contributed by atoms with van der Waals surface area (Å²) < 4.78 is 0. The summed E-state index contributed by atoms with van der Waals surface area (Å²) in [4.78, 5) is 0. The van der Waals surface area contributed by atoms with Gasteiger partial charge in [-0.15, -0.1) is 0 Å². The van der Waals surface area contributed by atoms with E-state index in [-0.39, 0.29) is 0 Å². The molecule has 0 fully saturated rings. The number of hydrogen-bond acceptors (Lipinski definition) is 2. The minimum absolute atomic E-state index is 0.308. The maximum absolute atomic E-state index is 9.09. The molecule has 0 atom stereocenters. The van der Waals surface area contributed by atoms with Crippen LogP contribution in [0.3, 0.4) is 0 Å². The Hall–Kier alpha value is -1.44. The van der Waals surface area contributed by atoms with Gasteiger partial charge in [-0.05, 0) is 36.4 Å². The molecular weight excluding hydrogens is 186 g/mol. The number of unbranched alkanes of at least 4 members (excludes halogenated alkanes) is 2. The van der Waals surface area contributed by atoms with E-state index >= 15 is 0 Å². The summed E-state index contributed by atoms with van der Waals surface area (Å²) in [6, 6.07) is 7.16. The first kappa shape index (κ1) is 11.6. The molecule has 0 saturated heterocycles. The molecule has 2 heteroatoms. The Morgan fingerprint density at radius 2 is 1.93 bits per heavy atom. The molecule has 0 spiro atoms. The van der Waals surface area contributed by atoms with E-state index in [1.807, 2.05) is 24.4 Å². The molecule has 0 aromatic heterocycles. The number of nitrogens with one attached hydrogen (secondary N) is 1. The van der Waals surface area contributed by atoms with Gasteiger partial charge in [0.2, 0.25) is 0 Å². The number of aromatic hydroxyl groups is 1. The molecule has 0 aliphatic rings. The van der Waals surface area contributed by atoms with E-state index in [4.69, 9.17) is 5.11 Å². The lowest BCUT2D eigenvalue weighted by Gasteiger charge is -1.99. The molecule has 1 aromatic carbocycles. The van der Waals surface area contributed by atoms with E-state index in [9.17, 15) is 0 Å². The van der Waals surface area contributed by atoms with Crippen LogP contribution >= 0.6 is 0 Å². The van der Waals surface area contributed by atoms with E-state index in [1.54, 1.807) is 12.1 Å². The van der Waals surface area contributed by atoms with Crippen LogP contribution in [0.1, 0.15) is 31.7 Å². The lowest BCUT2D eigenvalue weighted by Crippen LogP contribution is -2.05. The molecule has 0 saturated carbocycles. The Bertz CT molecular complexity index is 290. The van der Waals surface area contributed by atoms with Crippen LogP contribution in [0, 0.1) is 0 Å². The van der Waals surface area contributed by atoms with Gasteiger partial charge < -0.3 is 10.4 Å². The quantitative estimate of drug-likeness (QED) is 0.699. The van der Waals surface area contributed by atoms with Gasteiger partial charge in [0, 0.05) is 6.54 Å². The molecule has 0 heterocycles. The van der Waals surface area contributed by atoms with Gasteiger partial charge in [-0.3, -0.25) is 0 Å². The van der Waals surface area contributed by atoms with Crippen LogP contribution in [-0.4, -0.2) is 11.7 Å². The number of phenols is 1. The van der Waals surface area contributed by atoms with E-state index in [0.29, 0.717) is 5.75 Å². The van der Waals surface area contributed by atoms with Crippen LogP contribution < -0.4 is 5.32 Å². The van der Waals surface area contributed by atoms with Gasteiger partial charge >= 0.3 is 0 Å². The zero-order valence-corrected chi connectivity index (χ0v) is 9.24. The molecule has 2 N–H and O–H groups in total. The van der Waals surface area contributed by atoms with Gasteiger partial charge in [-0.2, -0.15) is 0 Å². The van der Waals surface area contributed by atoms with Crippen molar-refractivity contribution in [2.75, 3.05) is 6.54 Å². The normalized spacial score (nSPS) is 10.7. The molecule has 0 aliphatic carbocycles. The van der Waals surface area contributed by atoms with Gasteiger partial charge in [0.25, 0.3) is 0 Å². The molecule has 0 amide bonds. The van der Waals surface area contributed by atoms with Crippen LogP contribution in [0.25, 0.3) is 6.08 Å². The summed E-state index contributed by atoms with van der Waals surface area (Å²) in [6.07, 6.45) is 7.72. The van der Waals surface area contributed by atoms with Crippen LogP contribution in [0.15, 0.2) is 30.5 Å². The Balaban J connectivity index is 2.23. The fraction of sp³-hybridized carbons (Fsp3) is 0.385. The zero-order chi connectivity index (χ0) is 10.9. The highest BCUT2D eigenvalue weighted by Gasteiger charge is 1.87. The van der Waals surface area contributed by atoms with Gasteiger partial charge in [-0.25, -0.2) is 0 Å². The molecule has 1 aromatic rings. The predicted molar refractivity (Wildman–Crippen MR) is 64.7 cm³/mol. The molecule has 1 rings (SSSR count). The Labute approximate surface area is 91.6 Å². The van der Waals surface area contributed by atoms with Gasteiger partial charge in [0.05, 0.1) is 0 Å². The first-order valence-electron chi connectivity index (χ1n) is 5.52.